The van der Waals surface area contributed by atoms with Gasteiger partial charge in [0.05, 0.1) is 19.1 Å². The Kier molecular flexibility index (Phi) is 6.05. The molecule has 1 unspecified atom stereocenters. The van der Waals surface area contributed by atoms with Gasteiger partial charge in [0, 0.05) is 17.4 Å². The number of nitrogens with one attached hydrogen (secondary N) is 2. The molecule has 1 aromatic heterocycles. The summed E-state index contributed by atoms with van der Waals surface area (Å²) in [4.78, 5) is 28.1. The molecule has 1 heterocycles. The monoisotopic (exact) mass is 372 g/mol. The molecule has 1 atom stereocenters. The third-order valence-corrected chi connectivity index (χ3v) is 3.62. The van der Waals surface area contributed by atoms with E-state index < -0.39 is 29.8 Å². The number of aromatic hydroxyl groups is 1. The Hall–Kier alpha value is -3.51. The number of pyridine rings is 1. The molecular weight excluding hydrogens is 355 g/mol. The van der Waals surface area contributed by atoms with Gasteiger partial charge in [-0.1, -0.05) is 0 Å². The molecule has 0 fully saturated rings. The zero-order valence-electron chi connectivity index (χ0n) is 14.4. The summed E-state index contributed by atoms with van der Waals surface area (Å²) in [5.74, 6) is -2.03. The van der Waals surface area contributed by atoms with Crippen molar-refractivity contribution < 1.29 is 24.2 Å². The summed E-state index contributed by atoms with van der Waals surface area (Å²) in [6, 6.07) is 7.79. The highest BCUT2D eigenvalue weighted by molar-refractivity contribution is 5.96. The second kappa shape index (κ2) is 8.25. The lowest BCUT2D eigenvalue weighted by Gasteiger charge is -2.20. The van der Waals surface area contributed by atoms with Crippen LogP contribution in [0.15, 0.2) is 36.5 Å². The number of aromatic nitrogens is 1. The van der Waals surface area contributed by atoms with Crippen LogP contribution in [-0.2, 0) is 11.2 Å². The number of phenols is 1. The number of phenolic OH excluding ortho intramolecular Hbond substituents is 1. The Labute approximate surface area is 154 Å². The maximum Gasteiger partial charge on any atom is 0.271 e. The van der Waals surface area contributed by atoms with Crippen molar-refractivity contribution in [2.45, 2.75) is 18.9 Å². The standard InChI is InChI=1S/C18H17FN4O4/c1-18(9-20,10-24)23-17(27)14-8-13(4-5-21-14)22-16(26)7-11-6-12(19)2-3-15(11)25/h2-6,8,24-25H,7,10H2,1H3,(H,23,27)(H,21,22,26). The smallest absolute Gasteiger partial charge is 0.271 e. The molecule has 0 aliphatic rings. The van der Waals surface area contributed by atoms with Crippen LogP contribution in [0.1, 0.15) is 23.0 Å². The van der Waals surface area contributed by atoms with Gasteiger partial charge in [-0.15, -0.1) is 0 Å². The van der Waals surface area contributed by atoms with Crippen molar-refractivity contribution in [2.24, 2.45) is 0 Å². The predicted molar refractivity (Wildman–Crippen MR) is 93.2 cm³/mol. The van der Waals surface area contributed by atoms with E-state index in [-0.39, 0.29) is 29.1 Å². The summed E-state index contributed by atoms with van der Waals surface area (Å²) in [5.41, 5.74) is -1.17. The van der Waals surface area contributed by atoms with Crippen molar-refractivity contribution in [3.05, 3.63) is 53.6 Å². The number of halogens is 1. The van der Waals surface area contributed by atoms with E-state index in [1.54, 1.807) is 6.07 Å². The summed E-state index contributed by atoms with van der Waals surface area (Å²) >= 11 is 0. The van der Waals surface area contributed by atoms with Crippen LogP contribution >= 0.6 is 0 Å². The van der Waals surface area contributed by atoms with Gasteiger partial charge >= 0.3 is 0 Å². The number of rotatable bonds is 6. The number of nitriles is 1. The third-order valence-electron chi connectivity index (χ3n) is 3.62. The highest BCUT2D eigenvalue weighted by Gasteiger charge is 2.26. The van der Waals surface area contributed by atoms with Crippen LogP contribution < -0.4 is 10.6 Å². The number of anilines is 1. The fraction of sp³-hybridized carbons (Fsp3) is 0.222. The third kappa shape index (κ3) is 5.23. The molecule has 0 aliphatic heterocycles. The molecule has 0 radical (unpaired) electrons. The minimum atomic E-state index is -1.47. The number of benzene rings is 1. The maximum atomic E-state index is 13.2. The van der Waals surface area contributed by atoms with Crippen LogP contribution in [-0.4, -0.2) is 39.2 Å². The lowest BCUT2D eigenvalue weighted by molar-refractivity contribution is -0.115. The minimum Gasteiger partial charge on any atom is -0.508 e. The number of nitrogens with zero attached hydrogens (tertiary/aromatic N) is 2. The first-order chi connectivity index (χ1) is 12.8. The molecule has 140 valence electrons. The first kappa shape index (κ1) is 19.8. The molecule has 2 aromatic rings. The van der Waals surface area contributed by atoms with Crippen molar-refractivity contribution >= 4 is 17.5 Å². The minimum absolute atomic E-state index is 0.0728. The number of hydrogen-bond donors (Lipinski definition) is 4. The lowest BCUT2D eigenvalue weighted by atomic mass is 10.1. The second-order valence-corrected chi connectivity index (χ2v) is 5.98. The second-order valence-electron chi connectivity index (χ2n) is 5.98. The fourth-order valence-corrected chi connectivity index (χ4v) is 2.12. The molecule has 9 heteroatoms. The van der Waals surface area contributed by atoms with Crippen LogP contribution in [0.3, 0.4) is 0 Å². The van der Waals surface area contributed by atoms with E-state index in [0.717, 1.165) is 18.2 Å². The predicted octanol–water partition coefficient (Wildman–Crippen LogP) is 1.11. The van der Waals surface area contributed by atoms with Crippen LogP contribution in [0.2, 0.25) is 0 Å². The van der Waals surface area contributed by atoms with E-state index >= 15 is 0 Å². The molecule has 0 aliphatic carbocycles. The number of amides is 2. The number of aliphatic hydroxyl groups excluding tert-OH is 1. The van der Waals surface area contributed by atoms with Gasteiger partial charge in [0.1, 0.15) is 22.8 Å². The molecule has 1 aromatic carbocycles. The number of aliphatic hydroxyl groups is 1. The van der Waals surface area contributed by atoms with Crippen molar-refractivity contribution in [3.63, 3.8) is 0 Å². The summed E-state index contributed by atoms with van der Waals surface area (Å²) in [5, 5.41) is 32.7. The van der Waals surface area contributed by atoms with E-state index in [0.29, 0.717) is 0 Å². The van der Waals surface area contributed by atoms with E-state index in [2.05, 4.69) is 15.6 Å². The first-order valence-corrected chi connectivity index (χ1v) is 7.84. The fourth-order valence-electron chi connectivity index (χ4n) is 2.12. The Morgan fingerprint density at radius 3 is 2.74 bits per heavy atom. The molecule has 4 N–H and O–H groups in total. The number of carbonyl (C=O) groups excluding carboxylic acids is 2. The zero-order valence-corrected chi connectivity index (χ0v) is 14.4. The molecular formula is C18H17FN4O4. The zero-order chi connectivity index (χ0) is 20.0. The van der Waals surface area contributed by atoms with E-state index in [9.17, 15) is 24.2 Å². The average Bonchev–Trinajstić information content (AvgIpc) is 2.64. The first-order valence-electron chi connectivity index (χ1n) is 7.84. The molecule has 2 rings (SSSR count). The van der Waals surface area contributed by atoms with Gasteiger partial charge < -0.3 is 20.8 Å². The largest absolute Gasteiger partial charge is 0.508 e. The highest BCUT2D eigenvalue weighted by atomic mass is 19.1. The van der Waals surface area contributed by atoms with Crippen LogP contribution in [0.25, 0.3) is 0 Å². The summed E-state index contributed by atoms with van der Waals surface area (Å²) < 4.78 is 13.2. The molecule has 27 heavy (non-hydrogen) atoms. The molecule has 0 saturated heterocycles. The van der Waals surface area contributed by atoms with Gasteiger partial charge in [-0.25, -0.2) is 4.39 Å². The molecule has 8 nitrogen and oxygen atoms in total. The maximum absolute atomic E-state index is 13.2. The van der Waals surface area contributed by atoms with Crippen LogP contribution in [0.5, 0.6) is 5.75 Å². The average molecular weight is 372 g/mol. The van der Waals surface area contributed by atoms with E-state index in [1.165, 1.54) is 25.3 Å². The van der Waals surface area contributed by atoms with Crippen molar-refractivity contribution in [1.29, 1.82) is 5.26 Å². The SMILES string of the molecule is CC(C#N)(CO)NC(=O)c1cc(NC(=O)Cc2cc(F)ccc2O)ccn1. The van der Waals surface area contributed by atoms with Crippen LogP contribution in [0, 0.1) is 17.1 Å². The Morgan fingerprint density at radius 2 is 2.07 bits per heavy atom. The number of carbonyl (C=O) groups is 2. The Balaban J connectivity index is 2.09. The van der Waals surface area contributed by atoms with E-state index in [4.69, 9.17) is 5.26 Å². The van der Waals surface area contributed by atoms with Gasteiger partial charge in [-0.2, -0.15) is 5.26 Å². The van der Waals surface area contributed by atoms with Gasteiger partial charge in [0.2, 0.25) is 5.91 Å². The quantitative estimate of drug-likeness (QED) is 0.600. The number of hydrogen-bond acceptors (Lipinski definition) is 6. The van der Waals surface area contributed by atoms with E-state index in [1.807, 2.05) is 0 Å². The van der Waals surface area contributed by atoms with Gasteiger partial charge in [0.25, 0.3) is 5.91 Å². The molecule has 0 spiro atoms. The van der Waals surface area contributed by atoms with Crippen LogP contribution in [0.4, 0.5) is 10.1 Å². The molecule has 2 amide bonds. The van der Waals surface area contributed by atoms with Gasteiger partial charge in [-0.05, 0) is 37.3 Å². The highest BCUT2D eigenvalue weighted by Crippen LogP contribution is 2.19. The molecule has 0 saturated carbocycles. The Morgan fingerprint density at radius 1 is 1.33 bits per heavy atom. The van der Waals surface area contributed by atoms with Crippen molar-refractivity contribution in [1.82, 2.24) is 10.3 Å². The van der Waals surface area contributed by atoms with Gasteiger partial charge in [-0.3, -0.25) is 14.6 Å². The van der Waals surface area contributed by atoms with Crippen molar-refractivity contribution in [3.8, 4) is 11.8 Å². The molecule has 0 bridgehead atoms. The Bertz CT molecular complexity index is 912. The summed E-state index contributed by atoms with van der Waals surface area (Å²) in [6.45, 7) is 0.769. The van der Waals surface area contributed by atoms with Gasteiger partial charge in [0.15, 0.2) is 0 Å². The van der Waals surface area contributed by atoms with Crippen molar-refractivity contribution in [2.75, 3.05) is 11.9 Å². The normalized spacial score (nSPS) is 12.5. The summed E-state index contributed by atoms with van der Waals surface area (Å²) in [6.07, 6.45) is 1.01. The lowest BCUT2D eigenvalue weighted by Crippen LogP contribution is -2.47. The summed E-state index contributed by atoms with van der Waals surface area (Å²) in [7, 11) is 0. The topological polar surface area (TPSA) is 135 Å².